The highest BCUT2D eigenvalue weighted by Gasteiger charge is 2.05. The van der Waals surface area contributed by atoms with E-state index >= 15 is 0 Å². The van der Waals surface area contributed by atoms with Gasteiger partial charge in [-0.25, -0.2) is 0 Å². The maximum Gasteiger partial charge on any atom is 0.224 e. The summed E-state index contributed by atoms with van der Waals surface area (Å²) in [5.41, 5.74) is 3.19. The van der Waals surface area contributed by atoms with Gasteiger partial charge in [0.25, 0.3) is 0 Å². The number of nitrogens with zero attached hydrogens (tertiary/aromatic N) is 1. The highest BCUT2D eigenvalue weighted by Crippen LogP contribution is 2.17. The second kappa shape index (κ2) is 8.20. The normalized spacial score (nSPS) is 10.4. The predicted octanol–water partition coefficient (Wildman–Crippen LogP) is 3.39. The van der Waals surface area contributed by atoms with Crippen LogP contribution in [0.15, 0.2) is 73.1 Å². The Bertz CT molecular complexity index is 808. The number of hydrogen-bond acceptors (Lipinski definition) is 2. The highest BCUT2D eigenvalue weighted by molar-refractivity contribution is 5.78. The van der Waals surface area contributed by atoms with Crippen molar-refractivity contribution in [2.24, 2.45) is 0 Å². The Morgan fingerprint density at radius 2 is 1.72 bits per heavy atom. The second-order valence-corrected chi connectivity index (χ2v) is 5.85. The average molecular weight is 334 g/mol. The summed E-state index contributed by atoms with van der Waals surface area (Å²) in [5, 5.41) is 2.97. The topological polar surface area (TPSA) is 43.3 Å². The fourth-order valence-corrected chi connectivity index (χ4v) is 2.79. The molecule has 0 aliphatic carbocycles. The molecule has 2 aromatic carbocycles. The van der Waals surface area contributed by atoms with E-state index in [1.807, 2.05) is 77.6 Å². The average Bonchev–Trinajstić information content (AvgIpc) is 3.17. The highest BCUT2D eigenvalue weighted by atomic mass is 16.5. The quantitative estimate of drug-likeness (QED) is 0.720. The molecule has 4 heteroatoms. The summed E-state index contributed by atoms with van der Waals surface area (Å²) in [6.07, 6.45) is 5.14. The number of methoxy groups -OCH3 is 1. The molecule has 0 aliphatic heterocycles. The minimum absolute atomic E-state index is 0.0311. The maximum absolute atomic E-state index is 12.1. The van der Waals surface area contributed by atoms with Crippen LogP contribution in [0.25, 0.3) is 5.69 Å². The van der Waals surface area contributed by atoms with Crippen LogP contribution in [0, 0.1) is 0 Å². The van der Waals surface area contributed by atoms with E-state index < -0.39 is 0 Å². The Kier molecular flexibility index (Phi) is 5.52. The van der Waals surface area contributed by atoms with E-state index in [0.717, 1.165) is 29.0 Å². The smallest absolute Gasteiger partial charge is 0.224 e. The maximum atomic E-state index is 12.1. The van der Waals surface area contributed by atoms with Gasteiger partial charge in [-0.3, -0.25) is 4.79 Å². The van der Waals surface area contributed by atoms with Crippen molar-refractivity contribution < 1.29 is 9.53 Å². The molecule has 0 saturated heterocycles. The first-order valence-electron chi connectivity index (χ1n) is 8.37. The third kappa shape index (κ3) is 4.51. The van der Waals surface area contributed by atoms with Crippen molar-refractivity contribution in [3.05, 3.63) is 84.2 Å². The number of nitrogens with one attached hydrogen (secondary N) is 1. The van der Waals surface area contributed by atoms with Crippen LogP contribution in [0.5, 0.6) is 5.75 Å². The molecule has 3 aromatic rings. The first-order chi connectivity index (χ1) is 12.3. The molecule has 4 nitrogen and oxygen atoms in total. The van der Waals surface area contributed by atoms with Crippen LogP contribution in [0.3, 0.4) is 0 Å². The molecule has 0 radical (unpaired) electrons. The zero-order valence-corrected chi connectivity index (χ0v) is 14.3. The van der Waals surface area contributed by atoms with E-state index in [9.17, 15) is 4.79 Å². The Morgan fingerprint density at radius 3 is 2.44 bits per heavy atom. The lowest BCUT2D eigenvalue weighted by atomic mass is 10.1. The zero-order valence-electron chi connectivity index (χ0n) is 14.3. The number of carbonyl (C=O) groups excluding carboxylic acids is 1. The summed E-state index contributed by atoms with van der Waals surface area (Å²) in [7, 11) is 1.66. The van der Waals surface area contributed by atoms with Crippen LogP contribution in [0.1, 0.15) is 11.1 Å². The van der Waals surface area contributed by atoms with Crippen molar-refractivity contribution >= 4 is 5.91 Å². The van der Waals surface area contributed by atoms with Crippen LogP contribution in [-0.4, -0.2) is 24.1 Å². The first kappa shape index (κ1) is 16.8. The number of aromatic nitrogens is 1. The minimum atomic E-state index is 0.0311. The van der Waals surface area contributed by atoms with Gasteiger partial charge in [0.05, 0.1) is 13.5 Å². The van der Waals surface area contributed by atoms with Gasteiger partial charge in [0.15, 0.2) is 0 Å². The van der Waals surface area contributed by atoms with E-state index in [1.54, 1.807) is 7.11 Å². The molecule has 0 atom stereocenters. The van der Waals surface area contributed by atoms with E-state index in [4.69, 9.17) is 4.74 Å². The lowest BCUT2D eigenvalue weighted by Gasteiger charge is -2.09. The number of benzene rings is 2. The van der Waals surface area contributed by atoms with Crippen molar-refractivity contribution in [1.82, 2.24) is 9.88 Å². The molecular formula is C21H22N2O2. The Balaban J connectivity index is 1.49. The zero-order chi connectivity index (χ0) is 17.5. The SMILES string of the molecule is COc1ccccc1CCNC(=O)Cc1ccc(-n2cccc2)cc1. The summed E-state index contributed by atoms with van der Waals surface area (Å²) in [4.78, 5) is 12.1. The molecule has 1 amide bonds. The minimum Gasteiger partial charge on any atom is -0.496 e. The third-order valence-corrected chi connectivity index (χ3v) is 4.11. The lowest BCUT2D eigenvalue weighted by molar-refractivity contribution is -0.120. The molecule has 1 aromatic heterocycles. The van der Waals surface area contributed by atoms with E-state index in [1.165, 1.54) is 0 Å². The number of ether oxygens (including phenoxy) is 1. The standard InChI is InChI=1S/C21H22N2O2/c1-25-20-7-3-2-6-18(20)12-13-22-21(24)16-17-8-10-19(11-9-17)23-14-4-5-15-23/h2-11,14-15H,12-13,16H2,1H3,(H,22,24). The van der Waals surface area contributed by atoms with Gasteiger partial charge in [0.2, 0.25) is 5.91 Å². The summed E-state index contributed by atoms with van der Waals surface area (Å²) in [6.45, 7) is 0.598. The first-order valence-corrected chi connectivity index (χ1v) is 8.37. The summed E-state index contributed by atoms with van der Waals surface area (Å²) in [5.74, 6) is 0.890. The number of rotatable bonds is 7. The summed E-state index contributed by atoms with van der Waals surface area (Å²) < 4.78 is 7.36. The van der Waals surface area contributed by atoms with Crippen molar-refractivity contribution in [1.29, 1.82) is 0 Å². The van der Waals surface area contributed by atoms with Crippen LogP contribution >= 0.6 is 0 Å². The van der Waals surface area contributed by atoms with Crippen LogP contribution in [0.2, 0.25) is 0 Å². The molecule has 3 rings (SSSR count). The number of hydrogen-bond donors (Lipinski definition) is 1. The number of amides is 1. The van der Waals surface area contributed by atoms with E-state index in [2.05, 4.69) is 5.32 Å². The number of carbonyl (C=O) groups is 1. The lowest BCUT2D eigenvalue weighted by Crippen LogP contribution is -2.27. The van der Waals surface area contributed by atoms with Gasteiger partial charge in [-0.1, -0.05) is 30.3 Å². The van der Waals surface area contributed by atoms with Gasteiger partial charge >= 0.3 is 0 Å². The summed E-state index contributed by atoms with van der Waals surface area (Å²) >= 11 is 0. The van der Waals surface area contributed by atoms with Crippen molar-refractivity contribution in [2.45, 2.75) is 12.8 Å². The fraction of sp³-hybridized carbons (Fsp3) is 0.190. The monoisotopic (exact) mass is 334 g/mol. The van der Waals surface area contributed by atoms with E-state index in [-0.39, 0.29) is 5.91 Å². The van der Waals surface area contributed by atoms with Gasteiger partial charge < -0.3 is 14.6 Å². The molecular weight excluding hydrogens is 312 g/mol. The van der Waals surface area contributed by atoms with Crippen molar-refractivity contribution in [2.75, 3.05) is 13.7 Å². The Hall–Kier alpha value is -3.01. The molecule has 0 bridgehead atoms. The van der Waals surface area contributed by atoms with Crippen molar-refractivity contribution in [3.8, 4) is 11.4 Å². The predicted molar refractivity (Wildman–Crippen MR) is 99.2 cm³/mol. The van der Waals surface area contributed by atoms with Gasteiger partial charge in [0.1, 0.15) is 5.75 Å². The Labute approximate surface area is 148 Å². The van der Waals surface area contributed by atoms with Crippen molar-refractivity contribution in [3.63, 3.8) is 0 Å². The molecule has 1 N–H and O–H groups in total. The van der Waals surface area contributed by atoms with Gasteiger partial charge in [-0.2, -0.15) is 0 Å². The van der Waals surface area contributed by atoms with Crippen LogP contribution in [-0.2, 0) is 17.6 Å². The number of para-hydroxylation sites is 1. The van der Waals surface area contributed by atoms with Crippen LogP contribution in [0.4, 0.5) is 0 Å². The van der Waals surface area contributed by atoms with Gasteiger partial charge in [0, 0.05) is 24.6 Å². The molecule has 25 heavy (non-hydrogen) atoms. The fourth-order valence-electron chi connectivity index (χ4n) is 2.79. The van der Waals surface area contributed by atoms with Crippen LogP contribution < -0.4 is 10.1 Å². The summed E-state index contributed by atoms with van der Waals surface area (Å²) in [6, 6.07) is 19.9. The molecule has 0 aliphatic rings. The van der Waals surface area contributed by atoms with Gasteiger partial charge in [-0.15, -0.1) is 0 Å². The second-order valence-electron chi connectivity index (χ2n) is 5.85. The molecule has 0 spiro atoms. The van der Waals surface area contributed by atoms with Gasteiger partial charge in [-0.05, 0) is 47.9 Å². The molecule has 1 heterocycles. The molecule has 0 unspecified atom stereocenters. The largest absolute Gasteiger partial charge is 0.496 e. The molecule has 0 saturated carbocycles. The Morgan fingerprint density at radius 1 is 1.00 bits per heavy atom. The third-order valence-electron chi connectivity index (χ3n) is 4.11. The van der Waals surface area contributed by atoms with E-state index in [0.29, 0.717) is 13.0 Å². The molecule has 0 fully saturated rings. The molecule has 128 valence electrons.